The molecule has 4 aromatic rings. The third kappa shape index (κ3) is 3.23. The Kier molecular flexibility index (Phi) is 4.92. The summed E-state index contributed by atoms with van der Waals surface area (Å²) in [6.07, 6.45) is -3.05. The lowest BCUT2D eigenvalue weighted by Crippen LogP contribution is -2.41. The Balaban J connectivity index is 1.41. The van der Waals surface area contributed by atoms with Crippen LogP contribution in [0.2, 0.25) is 0 Å². The highest BCUT2D eigenvalue weighted by Crippen LogP contribution is 2.62. The number of ether oxygens (including phenoxy) is 3. The average Bonchev–Trinajstić information content (AvgIpc) is 3.40. The second-order valence-electron chi connectivity index (χ2n) is 10.1. The predicted molar refractivity (Wildman–Crippen MR) is 137 cm³/mol. The summed E-state index contributed by atoms with van der Waals surface area (Å²) in [5.74, 6) is -1.70. The van der Waals surface area contributed by atoms with Gasteiger partial charge in [-0.05, 0) is 41.5 Å². The van der Waals surface area contributed by atoms with Gasteiger partial charge in [-0.2, -0.15) is 0 Å². The molecule has 0 fully saturated rings. The fourth-order valence-corrected chi connectivity index (χ4v) is 5.79. The second kappa shape index (κ2) is 8.20. The van der Waals surface area contributed by atoms with Gasteiger partial charge in [0.25, 0.3) is 0 Å². The number of aliphatic hydroxyl groups excluding tert-OH is 1. The molecule has 3 aliphatic rings. The predicted octanol–water partition coefficient (Wildman–Crippen LogP) is 3.86. The largest absolute Gasteiger partial charge is 0.508 e. The Bertz CT molecular complexity index is 1700. The maximum Gasteiger partial charge on any atom is 0.241 e. The van der Waals surface area contributed by atoms with Crippen molar-refractivity contribution in [2.45, 2.75) is 30.3 Å². The van der Waals surface area contributed by atoms with E-state index in [0.717, 1.165) is 6.07 Å². The molecule has 4 aromatic carbocycles. The normalized spacial score (nSPS) is 24.0. The Morgan fingerprint density at radius 2 is 1.40 bits per heavy atom. The van der Waals surface area contributed by atoms with Crippen LogP contribution in [0.3, 0.4) is 0 Å². The summed E-state index contributed by atoms with van der Waals surface area (Å²) < 4.78 is 18.6. The quantitative estimate of drug-likeness (QED) is 0.219. The maximum absolute atomic E-state index is 14.1. The molecular formula is C30H22O10. The maximum atomic E-state index is 14.1. The van der Waals surface area contributed by atoms with E-state index in [-0.39, 0.29) is 63.4 Å². The monoisotopic (exact) mass is 542 g/mol. The zero-order chi connectivity index (χ0) is 27.9. The van der Waals surface area contributed by atoms with Crippen molar-refractivity contribution in [1.82, 2.24) is 0 Å². The third-order valence-corrected chi connectivity index (χ3v) is 7.66. The van der Waals surface area contributed by atoms with Crippen LogP contribution in [0.1, 0.15) is 44.8 Å². The molecule has 10 heteroatoms. The lowest BCUT2D eigenvalue weighted by Gasteiger charge is -2.32. The van der Waals surface area contributed by atoms with Gasteiger partial charge in [0.05, 0.1) is 11.7 Å². The first-order chi connectivity index (χ1) is 19.2. The molecule has 0 amide bonds. The second-order valence-corrected chi connectivity index (χ2v) is 10.1. The minimum atomic E-state index is -1.93. The van der Waals surface area contributed by atoms with Crippen molar-refractivity contribution < 1.29 is 49.6 Å². The van der Waals surface area contributed by atoms with Crippen LogP contribution >= 0.6 is 0 Å². The van der Waals surface area contributed by atoms with Gasteiger partial charge < -0.3 is 44.8 Å². The molecule has 3 aliphatic heterocycles. The topological polar surface area (TPSA) is 166 Å². The Labute approximate surface area is 226 Å². The molecule has 0 aliphatic carbocycles. The van der Waals surface area contributed by atoms with Gasteiger partial charge in [-0.15, -0.1) is 0 Å². The van der Waals surface area contributed by atoms with E-state index in [1.165, 1.54) is 36.4 Å². The number of hydrogen-bond acceptors (Lipinski definition) is 10. The van der Waals surface area contributed by atoms with Crippen molar-refractivity contribution in [3.8, 4) is 46.0 Å². The van der Waals surface area contributed by atoms with Crippen molar-refractivity contribution in [1.29, 1.82) is 0 Å². The van der Waals surface area contributed by atoms with Crippen LogP contribution in [0.4, 0.5) is 0 Å². The molecule has 1 spiro atoms. The number of carbonyl (C=O) groups excluding carboxylic acids is 1. The summed E-state index contributed by atoms with van der Waals surface area (Å²) in [4.78, 5) is 14.1. The van der Waals surface area contributed by atoms with Gasteiger partial charge in [-0.1, -0.05) is 24.3 Å². The number of fused-ring (bicyclic) bond motifs is 4. The fraction of sp³-hybridized carbons (Fsp3) is 0.167. The molecule has 40 heavy (non-hydrogen) atoms. The Hall–Kier alpha value is -5.09. The minimum absolute atomic E-state index is 0.00388. The van der Waals surface area contributed by atoms with E-state index in [0.29, 0.717) is 11.1 Å². The number of carbonyl (C=O) groups is 1. The van der Waals surface area contributed by atoms with Crippen LogP contribution in [-0.2, 0) is 12.0 Å². The fourth-order valence-electron chi connectivity index (χ4n) is 5.79. The molecule has 4 unspecified atom stereocenters. The minimum Gasteiger partial charge on any atom is -0.508 e. The van der Waals surface area contributed by atoms with Crippen molar-refractivity contribution in [2.24, 2.45) is 0 Å². The average molecular weight is 542 g/mol. The van der Waals surface area contributed by atoms with E-state index in [4.69, 9.17) is 14.2 Å². The van der Waals surface area contributed by atoms with Crippen LogP contribution in [0.5, 0.6) is 46.0 Å². The van der Waals surface area contributed by atoms with Crippen molar-refractivity contribution in [3.63, 3.8) is 0 Å². The van der Waals surface area contributed by atoms with E-state index in [2.05, 4.69) is 0 Å². The summed E-state index contributed by atoms with van der Waals surface area (Å²) in [5.41, 5.74) is -0.675. The highest BCUT2D eigenvalue weighted by atomic mass is 16.6. The summed E-state index contributed by atoms with van der Waals surface area (Å²) in [6, 6.07) is 15.8. The number of hydrogen-bond donors (Lipinski definition) is 6. The van der Waals surface area contributed by atoms with Crippen molar-refractivity contribution >= 4 is 5.78 Å². The third-order valence-electron chi connectivity index (χ3n) is 7.66. The number of aromatic hydroxyl groups is 5. The molecule has 10 nitrogen and oxygen atoms in total. The molecule has 0 bridgehead atoms. The first kappa shape index (κ1) is 24.0. The van der Waals surface area contributed by atoms with Gasteiger partial charge >= 0.3 is 0 Å². The van der Waals surface area contributed by atoms with Gasteiger partial charge in [0.15, 0.2) is 17.6 Å². The standard InChI is InChI=1S/C30H22O10/c31-15-5-1-13(2-6-15)26-21(35)11-18-22(38-26)12-19-27(25(18)36)39-29(14-3-7-16(32)8-4-14)30(19)28(37)24-20(34)9-17(33)10-23(24)40-30/h1-10,12,21,26,29,31-36H,11H2. The first-order valence-corrected chi connectivity index (χ1v) is 12.5. The van der Waals surface area contributed by atoms with Crippen LogP contribution < -0.4 is 14.2 Å². The van der Waals surface area contributed by atoms with Gasteiger partial charge in [0, 0.05) is 24.1 Å². The SMILES string of the molecule is O=C1c2c(O)cc(O)cc2OC12c1cc3c(c(O)c1OC2c1ccc(O)cc1)CC(O)C(c1ccc(O)cc1)O3. The van der Waals surface area contributed by atoms with E-state index in [1.807, 2.05) is 0 Å². The highest BCUT2D eigenvalue weighted by Gasteiger charge is 2.64. The molecule has 0 radical (unpaired) electrons. The Morgan fingerprint density at radius 3 is 2.08 bits per heavy atom. The number of benzene rings is 4. The van der Waals surface area contributed by atoms with Crippen molar-refractivity contribution in [2.75, 3.05) is 0 Å². The number of phenols is 5. The zero-order valence-electron chi connectivity index (χ0n) is 20.6. The molecule has 0 saturated carbocycles. The van der Waals surface area contributed by atoms with Crippen molar-refractivity contribution in [3.05, 3.63) is 94.5 Å². The molecule has 7 rings (SSSR count). The summed E-state index contributed by atoms with van der Waals surface area (Å²) >= 11 is 0. The first-order valence-electron chi connectivity index (χ1n) is 12.5. The van der Waals surface area contributed by atoms with Gasteiger partial charge in [0.1, 0.15) is 46.2 Å². The highest BCUT2D eigenvalue weighted by molar-refractivity contribution is 6.11. The number of Topliss-reactive ketones (excluding diaryl/α,β-unsaturated/α-hetero) is 1. The number of phenolic OH excluding ortho intramolecular Hbond substituents is 5. The molecule has 0 aromatic heterocycles. The summed E-state index contributed by atoms with van der Waals surface area (Å²) in [5, 5.41) is 62.4. The molecule has 3 heterocycles. The van der Waals surface area contributed by atoms with Gasteiger partial charge in [0.2, 0.25) is 11.4 Å². The van der Waals surface area contributed by atoms with Gasteiger partial charge in [-0.3, -0.25) is 4.79 Å². The molecule has 202 valence electrons. The zero-order valence-corrected chi connectivity index (χ0v) is 20.6. The smallest absolute Gasteiger partial charge is 0.241 e. The van der Waals surface area contributed by atoms with E-state index >= 15 is 0 Å². The number of aliphatic hydroxyl groups is 1. The summed E-state index contributed by atoms with van der Waals surface area (Å²) in [7, 11) is 0. The Morgan fingerprint density at radius 1 is 0.750 bits per heavy atom. The van der Waals surface area contributed by atoms with E-state index in [1.54, 1.807) is 24.3 Å². The molecule has 6 N–H and O–H groups in total. The van der Waals surface area contributed by atoms with Crippen LogP contribution in [0.25, 0.3) is 0 Å². The molecule has 0 saturated heterocycles. The lowest BCUT2D eigenvalue weighted by molar-refractivity contribution is 0.00632. The van der Waals surface area contributed by atoms with Crippen LogP contribution in [0.15, 0.2) is 66.7 Å². The molecular weight excluding hydrogens is 520 g/mol. The summed E-state index contributed by atoms with van der Waals surface area (Å²) in [6.45, 7) is 0. The molecule has 4 atom stereocenters. The number of ketones is 1. The lowest BCUT2D eigenvalue weighted by atomic mass is 9.80. The van der Waals surface area contributed by atoms with E-state index in [9.17, 15) is 35.4 Å². The van der Waals surface area contributed by atoms with Gasteiger partial charge in [-0.25, -0.2) is 0 Å². The number of rotatable bonds is 2. The van der Waals surface area contributed by atoms with Crippen LogP contribution in [-0.4, -0.2) is 42.5 Å². The van der Waals surface area contributed by atoms with Crippen LogP contribution in [0, 0.1) is 0 Å². The van der Waals surface area contributed by atoms with E-state index < -0.39 is 35.4 Å².